The Balaban J connectivity index is 1.89. The smallest absolute Gasteiger partial charge is 0.312 e. The number of methoxy groups -OCH3 is 1. The zero-order valence-electron chi connectivity index (χ0n) is 11.8. The largest absolute Gasteiger partial charge is 0.497 e. The average Bonchev–Trinajstić information content (AvgIpc) is 3.02. The van der Waals surface area contributed by atoms with Crippen molar-refractivity contribution in [3.8, 4) is 11.5 Å². The second-order valence-corrected chi connectivity index (χ2v) is 5.64. The molecule has 0 N–H and O–H groups in total. The Labute approximate surface area is 130 Å². The monoisotopic (exact) mass is 312 g/mol. The number of fused-ring (bicyclic) bond motifs is 3. The Bertz CT molecular complexity index is 857. The van der Waals surface area contributed by atoms with E-state index >= 15 is 0 Å². The van der Waals surface area contributed by atoms with E-state index in [1.807, 2.05) is 30.3 Å². The number of carbonyl (C=O) groups excluding carboxylic acids is 1. The van der Waals surface area contributed by atoms with Gasteiger partial charge in [0.1, 0.15) is 22.5 Å². The second kappa shape index (κ2) is 5.06. The van der Waals surface area contributed by atoms with Crippen molar-refractivity contribution in [1.29, 1.82) is 0 Å². The number of carbonyl (C=O) groups is 1. The van der Waals surface area contributed by atoms with E-state index in [0.29, 0.717) is 12.2 Å². The number of benzene rings is 2. The molecular weight excluding hydrogens is 300 g/mol. The van der Waals surface area contributed by atoms with Crippen molar-refractivity contribution in [3.05, 3.63) is 47.5 Å². The van der Waals surface area contributed by atoms with Crippen LogP contribution in [0.1, 0.15) is 23.5 Å². The minimum absolute atomic E-state index is 0.0743. The van der Waals surface area contributed by atoms with E-state index in [1.54, 1.807) is 13.2 Å². The van der Waals surface area contributed by atoms with Crippen molar-refractivity contribution in [2.75, 3.05) is 7.11 Å². The summed E-state index contributed by atoms with van der Waals surface area (Å²) in [6, 6.07) is 11.4. The van der Waals surface area contributed by atoms with Crippen molar-refractivity contribution in [1.82, 2.24) is 8.75 Å². The molecule has 0 saturated carbocycles. The van der Waals surface area contributed by atoms with Gasteiger partial charge in [0.25, 0.3) is 0 Å². The van der Waals surface area contributed by atoms with Crippen molar-refractivity contribution >= 4 is 28.7 Å². The van der Waals surface area contributed by atoms with Crippen LogP contribution in [0.4, 0.5) is 0 Å². The van der Waals surface area contributed by atoms with Gasteiger partial charge in [0.05, 0.1) is 25.3 Å². The highest BCUT2D eigenvalue weighted by molar-refractivity contribution is 7.00. The van der Waals surface area contributed by atoms with Crippen LogP contribution in [0.15, 0.2) is 36.4 Å². The van der Waals surface area contributed by atoms with Crippen LogP contribution in [0, 0.1) is 0 Å². The van der Waals surface area contributed by atoms with E-state index in [9.17, 15) is 4.79 Å². The lowest BCUT2D eigenvalue weighted by atomic mass is 9.85. The first-order valence-electron chi connectivity index (χ1n) is 6.86. The Morgan fingerprint density at radius 1 is 1.18 bits per heavy atom. The normalized spacial score (nSPS) is 17.1. The van der Waals surface area contributed by atoms with E-state index in [4.69, 9.17) is 9.47 Å². The summed E-state index contributed by atoms with van der Waals surface area (Å²) in [5, 5.41) is 0. The van der Waals surface area contributed by atoms with Crippen LogP contribution in [0.25, 0.3) is 11.0 Å². The molecule has 0 spiro atoms. The fourth-order valence-corrected chi connectivity index (χ4v) is 3.38. The first-order valence-corrected chi connectivity index (χ1v) is 7.59. The maximum Gasteiger partial charge on any atom is 0.312 e. The Morgan fingerprint density at radius 2 is 2.00 bits per heavy atom. The van der Waals surface area contributed by atoms with E-state index < -0.39 is 0 Å². The summed E-state index contributed by atoms with van der Waals surface area (Å²) in [6.07, 6.45) is 0.302. The fraction of sp³-hybridized carbons (Fsp3) is 0.188. The van der Waals surface area contributed by atoms with Crippen LogP contribution < -0.4 is 9.47 Å². The molecule has 6 heteroatoms. The Hall–Kier alpha value is -2.47. The molecule has 5 nitrogen and oxygen atoms in total. The van der Waals surface area contributed by atoms with Crippen LogP contribution in [0.5, 0.6) is 11.5 Å². The summed E-state index contributed by atoms with van der Waals surface area (Å²) >= 11 is 1.17. The van der Waals surface area contributed by atoms with Crippen LogP contribution in [0.3, 0.4) is 0 Å². The van der Waals surface area contributed by atoms with Crippen molar-refractivity contribution in [2.24, 2.45) is 0 Å². The number of nitrogens with zero attached hydrogens (tertiary/aromatic N) is 2. The lowest BCUT2D eigenvalue weighted by Crippen LogP contribution is -2.21. The maximum absolute atomic E-state index is 11.9. The molecule has 0 saturated heterocycles. The minimum Gasteiger partial charge on any atom is -0.497 e. The van der Waals surface area contributed by atoms with Crippen molar-refractivity contribution in [2.45, 2.75) is 12.3 Å². The van der Waals surface area contributed by atoms with Gasteiger partial charge in [-0.05, 0) is 29.8 Å². The van der Waals surface area contributed by atoms with Gasteiger partial charge in [0, 0.05) is 11.5 Å². The molecule has 1 aliphatic rings. The highest BCUT2D eigenvalue weighted by Gasteiger charge is 2.31. The van der Waals surface area contributed by atoms with Crippen LogP contribution in [0.2, 0.25) is 0 Å². The molecule has 22 heavy (non-hydrogen) atoms. The highest BCUT2D eigenvalue weighted by Crippen LogP contribution is 2.42. The molecule has 0 aliphatic carbocycles. The first-order chi connectivity index (χ1) is 10.8. The molecule has 1 aromatic heterocycles. The predicted octanol–water partition coefficient (Wildman–Crippen LogP) is 3.14. The van der Waals surface area contributed by atoms with Gasteiger partial charge in [-0.15, -0.1) is 0 Å². The third-order valence-corrected chi connectivity index (χ3v) is 4.43. The molecule has 0 unspecified atom stereocenters. The molecule has 2 aromatic carbocycles. The Kier molecular flexibility index (Phi) is 3.04. The molecule has 1 atom stereocenters. The quantitative estimate of drug-likeness (QED) is 0.537. The molecule has 110 valence electrons. The van der Waals surface area contributed by atoms with Gasteiger partial charge in [-0.25, -0.2) is 0 Å². The molecule has 3 aromatic rings. The average molecular weight is 312 g/mol. The first kappa shape index (κ1) is 13.2. The highest BCUT2D eigenvalue weighted by atomic mass is 32.1. The second-order valence-electron chi connectivity index (χ2n) is 5.11. The molecule has 0 radical (unpaired) electrons. The van der Waals surface area contributed by atoms with Gasteiger partial charge in [-0.2, -0.15) is 8.75 Å². The molecule has 0 fully saturated rings. The summed E-state index contributed by atoms with van der Waals surface area (Å²) < 4.78 is 19.2. The fourth-order valence-electron chi connectivity index (χ4n) is 2.83. The van der Waals surface area contributed by atoms with Gasteiger partial charge in [0.15, 0.2) is 0 Å². The number of hydrogen-bond donors (Lipinski definition) is 0. The van der Waals surface area contributed by atoms with E-state index in [0.717, 1.165) is 27.9 Å². The third-order valence-electron chi connectivity index (χ3n) is 3.89. The SMILES string of the molecule is COc1ccc([C@@H]2CC(=O)Oc3ccc4nsnc4c32)cc1. The van der Waals surface area contributed by atoms with Crippen LogP contribution in [-0.4, -0.2) is 21.8 Å². The predicted molar refractivity (Wildman–Crippen MR) is 82.5 cm³/mol. The minimum atomic E-state index is -0.226. The summed E-state index contributed by atoms with van der Waals surface area (Å²) in [5.74, 6) is 1.07. The van der Waals surface area contributed by atoms with Gasteiger partial charge in [0.2, 0.25) is 0 Å². The van der Waals surface area contributed by atoms with Crippen molar-refractivity contribution < 1.29 is 14.3 Å². The van der Waals surface area contributed by atoms with Crippen molar-refractivity contribution in [3.63, 3.8) is 0 Å². The molecule has 2 heterocycles. The molecule has 0 amide bonds. The summed E-state index contributed by atoms with van der Waals surface area (Å²) in [6.45, 7) is 0. The molecule has 4 rings (SSSR count). The summed E-state index contributed by atoms with van der Waals surface area (Å²) in [5.41, 5.74) is 3.63. The number of rotatable bonds is 2. The van der Waals surface area contributed by atoms with Crippen LogP contribution >= 0.6 is 11.7 Å². The molecule has 0 bridgehead atoms. The van der Waals surface area contributed by atoms with E-state index in [-0.39, 0.29) is 11.9 Å². The number of esters is 1. The molecular formula is C16H12N2O3S. The van der Waals surface area contributed by atoms with Gasteiger partial charge in [-0.3, -0.25) is 4.79 Å². The van der Waals surface area contributed by atoms with Gasteiger partial charge < -0.3 is 9.47 Å². The topological polar surface area (TPSA) is 61.3 Å². The zero-order valence-corrected chi connectivity index (χ0v) is 12.6. The van der Waals surface area contributed by atoms with Gasteiger partial charge >= 0.3 is 5.97 Å². The number of aromatic nitrogens is 2. The standard InChI is InChI=1S/C16H12N2O3S/c1-20-10-4-2-9(3-5-10)11-8-14(19)21-13-7-6-12-16(15(11)13)18-22-17-12/h2-7,11H,8H2,1H3/t11-/m0/s1. The number of ether oxygens (including phenoxy) is 2. The van der Waals surface area contributed by atoms with E-state index in [2.05, 4.69) is 8.75 Å². The summed E-state index contributed by atoms with van der Waals surface area (Å²) in [4.78, 5) is 11.9. The Morgan fingerprint density at radius 3 is 2.77 bits per heavy atom. The molecule has 1 aliphatic heterocycles. The summed E-state index contributed by atoms with van der Waals surface area (Å²) in [7, 11) is 1.63. The lowest BCUT2D eigenvalue weighted by molar-refractivity contribution is -0.135. The van der Waals surface area contributed by atoms with Gasteiger partial charge in [-0.1, -0.05) is 12.1 Å². The maximum atomic E-state index is 11.9. The lowest BCUT2D eigenvalue weighted by Gasteiger charge is -2.25. The number of hydrogen-bond acceptors (Lipinski definition) is 6. The van der Waals surface area contributed by atoms with Crippen LogP contribution in [-0.2, 0) is 4.79 Å². The third kappa shape index (κ3) is 2.03. The zero-order chi connectivity index (χ0) is 15.1. The van der Waals surface area contributed by atoms with E-state index in [1.165, 1.54) is 11.7 Å².